The zero-order valence-electron chi connectivity index (χ0n) is 9.67. The fourth-order valence-corrected chi connectivity index (χ4v) is 4.32. The Labute approximate surface area is 101 Å². The van der Waals surface area contributed by atoms with E-state index in [-0.39, 0.29) is 6.04 Å². The van der Waals surface area contributed by atoms with Crippen molar-refractivity contribution in [2.75, 3.05) is 6.54 Å². The molecule has 2 aliphatic rings. The van der Waals surface area contributed by atoms with E-state index in [2.05, 4.69) is 10.7 Å². The Hall–Kier alpha value is -0.380. The highest BCUT2D eigenvalue weighted by Crippen LogP contribution is 2.40. The predicted molar refractivity (Wildman–Crippen MR) is 68.8 cm³/mol. The lowest BCUT2D eigenvalue weighted by atomic mass is 9.81. The van der Waals surface area contributed by atoms with Gasteiger partial charge in [-0.15, -0.1) is 11.3 Å². The number of nitrogens with one attached hydrogen (secondary N) is 1. The van der Waals surface area contributed by atoms with Crippen LogP contribution in [-0.2, 0) is 6.54 Å². The molecule has 1 saturated carbocycles. The topological polar surface area (TPSA) is 38.0 Å². The first-order chi connectivity index (χ1) is 7.86. The third-order valence-corrected chi connectivity index (χ3v) is 5.03. The van der Waals surface area contributed by atoms with Crippen molar-refractivity contribution in [2.45, 2.75) is 50.6 Å². The molecule has 0 radical (unpaired) electrons. The maximum Gasteiger partial charge on any atom is 0.0436 e. The van der Waals surface area contributed by atoms with Crippen molar-refractivity contribution in [2.24, 2.45) is 5.73 Å². The Morgan fingerprint density at radius 2 is 2.06 bits per heavy atom. The molecule has 1 aromatic heterocycles. The summed E-state index contributed by atoms with van der Waals surface area (Å²) < 4.78 is 0. The Bertz CT molecular complexity index is 366. The number of hydrogen-bond donors (Lipinski definition) is 2. The van der Waals surface area contributed by atoms with Crippen LogP contribution in [0.4, 0.5) is 0 Å². The number of hydrogen-bond acceptors (Lipinski definition) is 3. The lowest BCUT2D eigenvalue weighted by Gasteiger charge is -2.27. The van der Waals surface area contributed by atoms with Crippen molar-refractivity contribution >= 4 is 11.3 Å². The minimum absolute atomic E-state index is 0.229. The molecular weight excluding hydrogens is 216 g/mol. The molecule has 88 valence electrons. The zero-order valence-corrected chi connectivity index (χ0v) is 10.5. The van der Waals surface area contributed by atoms with Gasteiger partial charge in [-0.1, -0.05) is 19.3 Å². The molecule has 3 heteroatoms. The van der Waals surface area contributed by atoms with Crippen LogP contribution < -0.4 is 11.1 Å². The molecule has 2 heterocycles. The van der Waals surface area contributed by atoms with E-state index >= 15 is 0 Å². The van der Waals surface area contributed by atoms with Crippen molar-refractivity contribution in [1.82, 2.24) is 5.32 Å². The second-order valence-corrected chi connectivity index (χ2v) is 6.06. The lowest BCUT2D eigenvalue weighted by molar-refractivity contribution is 0.437. The van der Waals surface area contributed by atoms with E-state index in [0.717, 1.165) is 19.0 Å². The molecule has 0 spiro atoms. The van der Waals surface area contributed by atoms with Gasteiger partial charge in [0, 0.05) is 24.0 Å². The summed E-state index contributed by atoms with van der Waals surface area (Å²) in [7, 11) is 0. The third kappa shape index (κ3) is 1.81. The largest absolute Gasteiger partial charge is 0.323 e. The Kier molecular flexibility index (Phi) is 3.01. The van der Waals surface area contributed by atoms with Gasteiger partial charge < -0.3 is 11.1 Å². The summed E-state index contributed by atoms with van der Waals surface area (Å²) in [6.45, 7) is 1.98. The van der Waals surface area contributed by atoms with E-state index in [9.17, 15) is 0 Å². The number of thiophene rings is 1. The van der Waals surface area contributed by atoms with E-state index in [1.807, 2.05) is 11.3 Å². The van der Waals surface area contributed by atoms with Gasteiger partial charge in [0.15, 0.2) is 0 Å². The molecular formula is C13H20N2S. The predicted octanol–water partition coefficient (Wildman–Crippen LogP) is 2.90. The van der Waals surface area contributed by atoms with Crippen molar-refractivity contribution < 1.29 is 0 Å². The Morgan fingerprint density at radius 3 is 2.88 bits per heavy atom. The van der Waals surface area contributed by atoms with E-state index in [0.29, 0.717) is 0 Å². The monoisotopic (exact) mass is 236 g/mol. The second-order valence-electron chi connectivity index (χ2n) is 5.10. The number of rotatable bonds is 1. The first kappa shape index (κ1) is 10.8. The van der Waals surface area contributed by atoms with Crippen LogP contribution in [0.3, 0.4) is 0 Å². The maximum atomic E-state index is 6.24. The first-order valence-corrected chi connectivity index (χ1v) is 7.30. The van der Waals surface area contributed by atoms with Crippen LogP contribution >= 0.6 is 11.3 Å². The van der Waals surface area contributed by atoms with E-state index in [4.69, 9.17) is 5.73 Å². The molecule has 1 aliphatic carbocycles. The van der Waals surface area contributed by atoms with E-state index in [1.165, 1.54) is 42.5 Å². The van der Waals surface area contributed by atoms with Gasteiger partial charge in [0.25, 0.3) is 0 Å². The van der Waals surface area contributed by atoms with Gasteiger partial charge in [-0.3, -0.25) is 0 Å². The molecule has 3 rings (SSSR count). The minimum atomic E-state index is 0.229. The first-order valence-electron chi connectivity index (χ1n) is 6.42. The summed E-state index contributed by atoms with van der Waals surface area (Å²) >= 11 is 1.91. The Morgan fingerprint density at radius 1 is 1.25 bits per heavy atom. The Balaban J connectivity index is 1.91. The highest BCUT2D eigenvalue weighted by atomic mass is 32.1. The fraction of sp³-hybridized carbons (Fsp3) is 0.692. The van der Waals surface area contributed by atoms with E-state index in [1.54, 1.807) is 5.56 Å². The van der Waals surface area contributed by atoms with Gasteiger partial charge >= 0.3 is 0 Å². The van der Waals surface area contributed by atoms with Crippen LogP contribution in [0.1, 0.15) is 60.1 Å². The molecule has 0 aromatic carbocycles. The van der Waals surface area contributed by atoms with Crippen molar-refractivity contribution in [3.05, 3.63) is 21.4 Å². The van der Waals surface area contributed by atoms with Gasteiger partial charge in [0.1, 0.15) is 0 Å². The molecule has 1 atom stereocenters. The van der Waals surface area contributed by atoms with Gasteiger partial charge in [0.2, 0.25) is 0 Å². The van der Waals surface area contributed by atoms with Crippen LogP contribution in [0.15, 0.2) is 5.38 Å². The SMILES string of the molecule is NC1CNCc2scc(C3CCCCC3)c21. The minimum Gasteiger partial charge on any atom is -0.323 e. The summed E-state index contributed by atoms with van der Waals surface area (Å²) in [5.41, 5.74) is 9.33. The summed E-state index contributed by atoms with van der Waals surface area (Å²) in [4.78, 5) is 1.49. The van der Waals surface area contributed by atoms with Gasteiger partial charge in [-0.05, 0) is 35.3 Å². The van der Waals surface area contributed by atoms with Crippen molar-refractivity contribution in [1.29, 1.82) is 0 Å². The molecule has 0 saturated heterocycles. The standard InChI is InChI=1S/C13H20N2S/c14-11-6-15-7-12-13(11)10(8-16-12)9-4-2-1-3-5-9/h8-9,11,15H,1-7,14H2. The van der Waals surface area contributed by atoms with Crippen LogP contribution in [-0.4, -0.2) is 6.54 Å². The van der Waals surface area contributed by atoms with Gasteiger partial charge in [-0.25, -0.2) is 0 Å². The highest BCUT2D eigenvalue weighted by Gasteiger charge is 2.26. The average molecular weight is 236 g/mol. The molecule has 1 aromatic rings. The molecule has 1 fully saturated rings. The molecule has 2 nitrogen and oxygen atoms in total. The van der Waals surface area contributed by atoms with Crippen molar-refractivity contribution in [3.8, 4) is 0 Å². The van der Waals surface area contributed by atoms with Crippen LogP contribution in [0.25, 0.3) is 0 Å². The normalized spacial score (nSPS) is 26.7. The number of fused-ring (bicyclic) bond motifs is 1. The van der Waals surface area contributed by atoms with Crippen LogP contribution in [0.2, 0.25) is 0 Å². The molecule has 1 unspecified atom stereocenters. The maximum absolute atomic E-state index is 6.24. The molecule has 1 aliphatic heterocycles. The molecule has 0 amide bonds. The van der Waals surface area contributed by atoms with Crippen molar-refractivity contribution in [3.63, 3.8) is 0 Å². The third-order valence-electron chi connectivity index (χ3n) is 4.01. The quantitative estimate of drug-likeness (QED) is 0.787. The fourth-order valence-electron chi connectivity index (χ4n) is 3.15. The number of nitrogens with two attached hydrogens (primary N) is 1. The summed E-state index contributed by atoms with van der Waals surface area (Å²) in [6, 6.07) is 0.229. The average Bonchev–Trinajstić information content (AvgIpc) is 2.75. The summed E-state index contributed by atoms with van der Waals surface area (Å²) in [6.07, 6.45) is 6.99. The zero-order chi connectivity index (χ0) is 11.0. The molecule has 0 bridgehead atoms. The smallest absolute Gasteiger partial charge is 0.0436 e. The highest BCUT2D eigenvalue weighted by molar-refractivity contribution is 7.10. The summed E-state index contributed by atoms with van der Waals surface area (Å²) in [5, 5.41) is 5.77. The molecule has 16 heavy (non-hydrogen) atoms. The summed E-state index contributed by atoms with van der Waals surface area (Å²) in [5.74, 6) is 0.804. The second kappa shape index (κ2) is 4.47. The molecule has 3 N–H and O–H groups in total. The van der Waals surface area contributed by atoms with Crippen LogP contribution in [0.5, 0.6) is 0 Å². The van der Waals surface area contributed by atoms with E-state index < -0.39 is 0 Å². The lowest BCUT2D eigenvalue weighted by Crippen LogP contribution is -2.32. The van der Waals surface area contributed by atoms with Crippen LogP contribution in [0, 0.1) is 0 Å². The van der Waals surface area contributed by atoms with Gasteiger partial charge in [0.05, 0.1) is 0 Å². The van der Waals surface area contributed by atoms with Gasteiger partial charge in [-0.2, -0.15) is 0 Å².